The fourth-order valence-electron chi connectivity index (χ4n) is 5.56. The van der Waals surface area contributed by atoms with Gasteiger partial charge in [0.1, 0.15) is 48.9 Å². The van der Waals surface area contributed by atoms with Gasteiger partial charge < -0.3 is 28.6 Å². The quantitative estimate of drug-likeness (QED) is 0.302. The Morgan fingerprint density at radius 3 is 2.67 bits per heavy atom. The summed E-state index contributed by atoms with van der Waals surface area (Å²) in [6, 6.07) is 5.85. The van der Waals surface area contributed by atoms with Gasteiger partial charge in [-0.25, -0.2) is 19.3 Å². The Morgan fingerprint density at radius 1 is 1.21 bits per heavy atom. The lowest BCUT2D eigenvalue weighted by molar-refractivity contribution is -0.205. The number of rotatable bonds is 6. The topological polar surface area (TPSA) is 133 Å². The Balaban J connectivity index is 1.38. The normalized spacial score (nSPS) is 29.1. The van der Waals surface area contributed by atoms with Gasteiger partial charge >= 0.3 is 6.16 Å². The molecular weight excluding hydrogens is 504 g/mol. The number of carbonyl (C=O) groups is 1. The summed E-state index contributed by atoms with van der Waals surface area (Å²) in [6.07, 6.45) is 7.19. The van der Waals surface area contributed by atoms with E-state index in [4.69, 9.17) is 23.7 Å². The lowest BCUT2D eigenvalue weighted by Gasteiger charge is -2.29. The van der Waals surface area contributed by atoms with Gasteiger partial charge in [0.05, 0.1) is 12.0 Å². The molecule has 2 saturated heterocycles. The molecule has 0 spiro atoms. The largest absolute Gasteiger partial charge is 0.508 e. The smallest absolute Gasteiger partial charge is 0.431 e. The molecule has 12 heteroatoms. The number of fused-ring (bicyclic) bond motifs is 2. The summed E-state index contributed by atoms with van der Waals surface area (Å²) in [5.74, 6) is -0.532. The van der Waals surface area contributed by atoms with Gasteiger partial charge in [0, 0.05) is 14.1 Å². The van der Waals surface area contributed by atoms with Crippen molar-refractivity contribution in [3.8, 4) is 6.07 Å². The van der Waals surface area contributed by atoms with Gasteiger partial charge in [-0.05, 0) is 51.7 Å². The van der Waals surface area contributed by atoms with E-state index in [0.717, 1.165) is 38.5 Å². The van der Waals surface area contributed by atoms with E-state index >= 15 is 0 Å². The first-order valence-electron chi connectivity index (χ1n) is 13.5. The lowest BCUT2D eigenvalue weighted by atomic mass is 9.92. The number of nitrogens with zero attached hydrogens (tertiary/aromatic N) is 6. The number of aliphatic imine (C=N–C) groups is 1. The number of hydrogen-bond acceptors (Lipinski definition) is 10. The molecule has 0 N–H and O–H groups in total. The number of hydrogen-bond donors (Lipinski definition) is 0. The van der Waals surface area contributed by atoms with Gasteiger partial charge in [-0.3, -0.25) is 0 Å². The van der Waals surface area contributed by atoms with Crippen molar-refractivity contribution in [1.29, 1.82) is 5.26 Å². The monoisotopic (exact) mass is 540 g/mol. The lowest BCUT2D eigenvalue weighted by Crippen LogP contribution is -2.40. The van der Waals surface area contributed by atoms with E-state index in [0.29, 0.717) is 17.0 Å². The van der Waals surface area contributed by atoms with E-state index in [9.17, 15) is 10.1 Å². The van der Waals surface area contributed by atoms with E-state index < -0.39 is 35.9 Å². The number of nitriles is 1. The molecule has 0 aromatic carbocycles. The van der Waals surface area contributed by atoms with Gasteiger partial charge in [-0.15, -0.1) is 0 Å². The van der Waals surface area contributed by atoms with Crippen LogP contribution in [0.5, 0.6) is 0 Å². The summed E-state index contributed by atoms with van der Waals surface area (Å²) in [4.78, 5) is 23.1. The van der Waals surface area contributed by atoms with E-state index in [-0.39, 0.29) is 12.7 Å². The third-order valence-electron chi connectivity index (χ3n) is 7.30. The summed E-state index contributed by atoms with van der Waals surface area (Å²) in [5, 5.41) is 14.9. The molecule has 210 valence electrons. The highest BCUT2D eigenvalue weighted by Crippen LogP contribution is 2.49. The third kappa shape index (κ3) is 5.57. The molecule has 2 aromatic rings. The van der Waals surface area contributed by atoms with Crippen LogP contribution in [0.25, 0.3) is 5.52 Å². The van der Waals surface area contributed by atoms with Crippen molar-refractivity contribution >= 4 is 23.8 Å². The van der Waals surface area contributed by atoms with Gasteiger partial charge in [-0.1, -0.05) is 19.3 Å². The fraction of sp³-hybridized carbons (Fsp3) is 0.667. The molecule has 2 aliphatic heterocycles. The predicted octanol–water partition coefficient (Wildman–Crippen LogP) is 3.85. The first kappa shape index (κ1) is 27.3. The molecule has 0 bridgehead atoms. The maximum atomic E-state index is 12.6. The van der Waals surface area contributed by atoms with Gasteiger partial charge in [0.25, 0.3) is 0 Å². The van der Waals surface area contributed by atoms with Crippen molar-refractivity contribution < 1.29 is 28.5 Å². The molecule has 4 heterocycles. The summed E-state index contributed by atoms with van der Waals surface area (Å²) in [7, 11) is 3.72. The van der Waals surface area contributed by atoms with Crippen LogP contribution in [0.3, 0.4) is 0 Å². The van der Waals surface area contributed by atoms with Crippen LogP contribution in [-0.4, -0.2) is 82.9 Å². The molecule has 5 rings (SSSR count). The Kier molecular flexibility index (Phi) is 7.75. The van der Waals surface area contributed by atoms with E-state index in [1.165, 1.54) is 12.7 Å². The molecule has 39 heavy (non-hydrogen) atoms. The van der Waals surface area contributed by atoms with Crippen molar-refractivity contribution in [2.75, 3.05) is 20.7 Å². The molecule has 1 aliphatic carbocycles. The van der Waals surface area contributed by atoms with Crippen LogP contribution < -0.4 is 0 Å². The van der Waals surface area contributed by atoms with E-state index in [2.05, 4.69) is 21.1 Å². The minimum Gasteiger partial charge on any atom is -0.431 e. The molecule has 1 saturated carbocycles. The zero-order valence-electron chi connectivity index (χ0n) is 22.9. The third-order valence-corrected chi connectivity index (χ3v) is 7.30. The summed E-state index contributed by atoms with van der Waals surface area (Å²) in [6.45, 7) is 3.41. The average Bonchev–Trinajstić information content (AvgIpc) is 3.53. The maximum Gasteiger partial charge on any atom is 0.508 e. The number of aromatic nitrogens is 3. The first-order valence-corrected chi connectivity index (χ1v) is 13.5. The molecule has 0 radical (unpaired) electrons. The summed E-state index contributed by atoms with van der Waals surface area (Å²) >= 11 is 0. The summed E-state index contributed by atoms with van der Waals surface area (Å²) < 4.78 is 31.4. The van der Waals surface area contributed by atoms with Crippen molar-refractivity contribution in [2.24, 2.45) is 4.99 Å². The van der Waals surface area contributed by atoms with Gasteiger partial charge in [-0.2, -0.15) is 10.4 Å². The van der Waals surface area contributed by atoms with Crippen LogP contribution in [0.2, 0.25) is 0 Å². The van der Waals surface area contributed by atoms with Crippen LogP contribution >= 0.6 is 0 Å². The Hall–Kier alpha value is -3.27. The molecule has 0 unspecified atom stereocenters. The van der Waals surface area contributed by atoms with Crippen LogP contribution in [0, 0.1) is 11.3 Å². The standard InChI is InChI=1S/C27H36N6O6/c1-26(2)38-22-20(14-35-25(34)36-18-10-8-6-5-7-9-11-18)37-27(15-28,23(22)39-26)21-13-12-19-24(30-17-32(3)4)29-16-31-33(19)21/h12-13,16-18,20,22-23H,5-11,14H2,1-4H3/b30-17-/t20-,22-,23-,27+/m1/s1. The van der Waals surface area contributed by atoms with Crippen molar-refractivity contribution in [3.63, 3.8) is 0 Å². The number of ether oxygens (including phenoxy) is 5. The SMILES string of the molecule is CN(C)/C=N\c1ncnn2c([C@]3(C#N)O[C@H](COC(=O)OC4CCCCCCC4)[C@H]4OC(C)(C)O[C@H]43)ccc12. The van der Waals surface area contributed by atoms with E-state index in [1.807, 2.05) is 14.1 Å². The zero-order valence-corrected chi connectivity index (χ0v) is 22.9. The second kappa shape index (κ2) is 11.1. The molecule has 3 fully saturated rings. The van der Waals surface area contributed by atoms with Crippen LogP contribution in [-0.2, 0) is 29.3 Å². The zero-order chi connectivity index (χ0) is 27.6. The fourth-order valence-corrected chi connectivity index (χ4v) is 5.56. The average molecular weight is 541 g/mol. The highest BCUT2D eigenvalue weighted by atomic mass is 16.8. The van der Waals surface area contributed by atoms with Crippen LogP contribution in [0.15, 0.2) is 23.5 Å². The molecule has 3 aliphatic rings. The van der Waals surface area contributed by atoms with Crippen molar-refractivity contribution in [3.05, 3.63) is 24.2 Å². The Labute approximate surface area is 227 Å². The molecule has 12 nitrogen and oxygen atoms in total. The highest BCUT2D eigenvalue weighted by molar-refractivity contribution is 5.71. The minimum atomic E-state index is -1.58. The maximum absolute atomic E-state index is 12.6. The number of carbonyl (C=O) groups excluding carboxylic acids is 1. The Bertz CT molecular complexity index is 1250. The molecule has 4 atom stereocenters. The second-order valence-electron chi connectivity index (χ2n) is 11.0. The molecule has 2 aromatic heterocycles. The first-order chi connectivity index (χ1) is 18.7. The predicted molar refractivity (Wildman–Crippen MR) is 139 cm³/mol. The van der Waals surface area contributed by atoms with Gasteiger partial charge in [0.15, 0.2) is 11.6 Å². The van der Waals surface area contributed by atoms with Crippen molar-refractivity contribution in [1.82, 2.24) is 19.5 Å². The van der Waals surface area contributed by atoms with Gasteiger partial charge in [0.2, 0.25) is 5.60 Å². The summed E-state index contributed by atoms with van der Waals surface area (Å²) in [5.41, 5.74) is -0.542. The second-order valence-corrected chi connectivity index (χ2v) is 11.0. The van der Waals surface area contributed by atoms with Crippen LogP contribution in [0.1, 0.15) is 64.5 Å². The van der Waals surface area contributed by atoms with E-state index in [1.54, 1.807) is 41.7 Å². The molecule has 0 amide bonds. The molecular formula is C27H36N6O6. The minimum absolute atomic E-state index is 0.144. The highest BCUT2D eigenvalue weighted by Gasteiger charge is 2.65. The Morgan fingerprint density at radius 2 is 1.95 bits per heavy atom. The van der Waals surface area contributed by atoms with Crippen LogP contribution in [0.4, 0.5) is 10.6 Å². The van der Waals surface area contributed by atoms with Crippen molar-refractivity contribution in [2.45, 2.75) is 94.6 Å².